The zero-order valence-corrected chi connectivity index (χ0v) is 12.4. The molecule has 3 rings (SSSR count). The van der Waals surface area contributed by atoms with Crippen molar-refractivity contribution in [1.82, 2.24) is 5.32 Å². The topological polar surface area (TPSA) is 32.3 Å². The Balaban J connectivity index is 1.89. The molecule has 21 heavy (non-hydrogen) atoms. The van der Waals surface area contributed by atoms with Crippen molar-refractivity contribution >= 4 is 0 Å². The summed E-state index contributed by atoms with van der Waals surface area (Å²) in [6, 6.07) is 21.4. The van der Waals surface area contributed by atoms with Crippen LogP contribution in [0.4, 0.5) is 0 Å². The molecule has 2 N–H and O–H groups in total. The van der Waals surface area contributed by atoms with Crippen LogP contribution in [-0.2, 0) is 0 Å². The van der Waals surface area contributed by atoms with Crippen LogP contribution in [0.25, 0.3) is 0 Å². The van der Waals surface area contributed by atoms with E-state index >= 15 is 0 Å². The molecule has 0 bridgehead atoms. The van der Waals surface area contributed by atoms with Crippen molar-refractivity contribution in [1.29, 1.82) is 0 Å². The van der Waals surface area contributed by atoms with E-state index in [0.29, 0.717) is 0 Å². The van der Waals surface area contributed by atoms with E-state index in [1.54, 1.807) is 0 Å². The Morgan fingerprint density at radius 1 is 0.952 bits per heavy atom. The normalized spacial score (nSPS) is 29.2. The number of aliphatic hydroxyl groups excluding tert-OH is 1. The van der Waals surface area contributed by atoms with E-state index in [9.17, 15) is 5.11 Å². The van der Waals surface area contributed by atoms with Gasteiger partial charge in [0.25, 0.3) is 0 Å². The van der Waals surface area contributed by atoms with Crippen LogP contribution in [0.2, 0.25) is 0 Å². The predicted molar refractivity (Wildman–Crippen MR) is 85.9 cm³/mol. The average molecular weight is 281 g/mol. The summed E-state index contributed by atoms with van der Waals surface area (Å²) in [6.45, 7) is 2.16. The molecule has 0 aliphatic carbocycles. The second kappa shape index (κ2) is 6.42. The molecule has 2 aromatic rings. The first-order chi connectivity index (χ1) is 10.3. The molecule has 0 spiro atoms. The molecule has 2 aromatic carbocycles. The second-order valence-corrected chi connectivity index (χ2v) is 5.89. The first-order valence-corrected chi connectivity index (χ1v) is 7.83. The maximum absolute atomic E-state index is 10.6. The van der Waals surface area contributed by atoms with E-state index in [1.165, 1.54) is 11.1 Å². The van der Waals surface area contributed by atoms with E-state index in [1.807, 2.05) is 12.1 Å². The minimum absolute atomic E-state index is 0.213. The van der Waals surface area contributed by atoms with Crippen molar-refractivity contribution < 1.29 is 5.11 Å². The van der Waals surface area contributed by atoms with Crippen molar-refractivity contribution in [3.8, 4) is 0 Å². The Bertz CT molecular complexity index is 554. The summed E-state index contributed by atoms with van der Waals surface area (Å²) in [6.07, 6.45) is 1.51. The zero-order chi connectivity index (χ0) is 14.7. The molecule has 1 aliphatic heterocycles. The lowest BCUT2D eigenvalue weighted by Gasteiger charge is -2.41. The fourth-order valence-electron chi connectivity index (χ4n) is 3.48. The number of nitrogens with one attached hydrogen (secondary N) is 1. The maximum atomic E-state index is 10.6. The summed E-state index contributed by atoms with van der Waals surface area (Å²) in [7, 11) is 0. The Morgan fingerprint density at radius 3 is 2.10 bits per heavy atom. The van der Waals surface area contributed by atoms with Crippen LogP contribution < -0.4 is 5.32 Å². The minimum Gasteiger partial charge on any atom is -0.393 e. The van der Waals surface area contributed by atoms with E-state index in [2.05, 4.69) is 60.8 Å². The van der Waals surface area contributed by atoms with Gasteiger partial charge in [0.15, 0.2) is 0 Å². The molecule has 2 nitrogen and oxygen atoms in total. The lowest BCUT2D eigenvalue weighted by atomic mass is 9.78. The van der Waals surface area contributed by atoms with Crippen LogP contribution in [0.5, 0.6) is 0 Å². The lowest BCUT2D eigenvalue weighted by molar-refractivity contribution is 0.0290. The highest BCUT2D eigenvalue weighted by Gasteiger charge is 2.36. The first kappa shape index (κ1) is 14.3. The molecule has 1 fully saturated rings. The van der Waals surface area contributed by atoms with Gasteiger partial charge in [-0.1, -0.05) is 67.6 Å². The molecule has 0 unspecified atom stereocenters. The molecule has 0 saturated carbocycles. The fraction of sp³-hybridized carbons (Fsp3) is 0.368. The minimum atomic E-state index is -0.258. The van der Waals surface area contributed by atoms with Gasteiger partial charge >= 0.3 is 0 Å². The van der Waals surface area contributed by atoms with Gasteiger partial charge in [-0.25, -0.2) is 0 Å². The monoisotopic (exact) mass is 281 g/mol. The first-order valence-electron chi connectivity index (χ1n) is 7.83. The van der Waals surface area contributed by atoms with Crippen LogP contribution >= 0.6 is 0 Å². The summed E-state index contributed by atoms with van der Waals surface area (Å²) in [5.41, 5.74) is 2.52. The lowest BCUT2D eigenvalue weighted by Crippen LogP contribution is -2.44. The molecule has 2 heteroatoms. The zero-order valence-electron chi connectivity index (χ0n) is 12.4. The molecule has 1 saturated heterocycles. The smallest absolute Gasteiger partial charge is 0.0604 e. The highest BCUT2D eigenvalue weighted by atomic mass is 16.3. The second-order valence-electron chi connectivity index (χ2n) is 5.89. The molecular weight excluding hydrogens is 258 g/mol. The van der Waals surface area contributed by atoms with Crippen molar-refractivity contribution in [2.45, 2.75) is 38.0 Å². The molecule has 0 amide bonds. The van der Waals surface area contributed by atoms with Gasteiger partial charge in [0.1, 0.15) is 0 Å². The largest absolute Gasteiger partial charge is 0.393 e. The predicted octanol–water partition coefficient (Wildman–Crippen LogP) is 3.85. The highest BCUT2D eigenvalue weighted by molar-refractivity contribution is 5.25. The van der Waals surface area contributed by atoms with Gasteiger partial charge in [-0.3, -0.25) is 0 Å². The molecule has 1 heterocycles. The Morgan fingerprint density at radius 2 is 1.52 bits per heavy atom. The number of hydrogen-bond acceptors (Lipinski definition) is 2. The van der Waals surface area contributed by atoms with Crippen molar-refractivity contribution in [3.63, 3.8) is 0 Å². The third kappa shape index (κ3) is 3.02. The van der Waals surface area contributed by atoms with Gasteiger partial charge < -0.3 is 10.4 Å². The standard InChI is InChI=1S/C19H23NO/c1-2-16-18(21)13-17(14-9-5-3-6-10-14)20-19(16)15-11-7-4-8-12-15/h3-12,16-21H,2,13H2,1H3/t16-,17-,18-,19-/m1/s1. The molecular formula is C19H23NO. The van der Waals surface area contributed by atoms with Crippen LogP contribution in [0.1, 0.15) is 43.0 Å². The SMILES string of the molecule is CC[C@@H]1[C@H](O)C[C@H](c2ccccc2)N[C@@H]1c1ccccc1. The summed E-state index contributed by atoms with van der Waals surface area (Å²) in [4.78, 5) is 0. The Kier molecular flexibility index (Phi) is 4.37. The number of benzene rings is 2. The quantitative estimate of drug-likeness (QED) is 0.895. The maximum Gasteiger partial charge on any atom is 0.0604 e. The van der Waals surface area contributed by atoms with E-state index < -0.39 is 0 Å². The molecule has 0 aromatic heterocycles. The van der Waals surface area contributed by atoms with Gasteiger partial charge in [0, 0.05) is 18.0 Å². The summed E-state index contributed by atoms with van der Waals surface area (Å²) >= 11 is 0. The van der Waals surface area contributed by atoms with Crippen LogP contribution in [0, 0.1) is 5.92 Å². The van der Waals surface area contributed by atoms with E-state index in [-0.39, 0.29) is 24.1 Å². The van der Waals surface area contributed by atoms with Gasteiger partial charge in [-0.05, 0) is 24.0 Å². The summed E-state index contributed by atoms with van der Waals surface area (Å²) < 4.78 is 0. The van der Waals surface area contributed by atoms with Gasteiger partial charge in [0.2, 0.25) is 0 Å². The fourth-order valence-corrected chi connectivity index (χ4v) is 3.48. The van der Waals surface area contributed by atoms with Gasteiger partial charge in [-0.15, -0.1) is 0 Å². The third-order valence-electron chi connectivity index (χ3n) is 4.61. The highest BCUT2D eigenvalue weighted by Crippen LogP contribution is 2.38. The summed E-state index contributed by atoms with van der Waals surface area (Å²) in [5, 5.41) is 14.3. The average Bonchev–Trinajstić information content (AvgIpc) is 2.55. The van der Waals surface area contributed by atoms with Crippen LogP contribution in [-0.4, -0.2) is 11.2 Å². The van der Waals surface area contributed by atoms with Crippen molar-refractivity contribution in [2.75, 3.05) is 0 Å². The third-order valence-corrected chi connectivity index (χ3v) is 4.61. The Labute approximate surface area is 126 Å². The number of piperidine rings is 1. The van der Waals surface area contributed by atoms with Gasteiger partial charge in [-0.2, -0.15) is 0 Å². The number of rotatable bonds is 3. The van der Waals surface area contributed by atoms with Crippen molar-refractivity contribution in [2.24, 2.45) is 5.92 Å². The van der Waals surface area contributed by atoms with E-state index in [4.69, 9.17) is 0 Å². The molecule has 110 valence electrons. The van der Waals surface area contributed by atoms with E-state index in [0.717, 1.165) is 12.8 Å². The Hall–Kier alpha value is -1.64. The van der Waals surface area contributed by atoms with Crippen LogP contribution in [0.15, 0.2) is 60.7 Å². The number of aliphatic hydroxyl groups is 1. The van der Waals surface area contributed by atoms with Crippen LogP contribution in [0.3, 0.4) is 0 Å². The molecule has 0 radical (unpaired) electrons. The molecule has 1 aliphatic rings. The summed E-state index contributed by atoms with van der Waals surface area (Å²) in [5.74, 6) is 0.271. The van der Waals surface area contributed by atoms with Crippen molar-refractivity contribution in [3.05, 3.63) is 71.8 Å². The number of hydrogen-bond donors (Lipinski definition) is 2. The van der Waals surface area contributed by atoms with Gasteiger partial charge in [0.05, 0.1) is 6.10 Å². The molecule has 4 atom stereocenters.